The van der Waals surface area contributed by atoms with Gasteiger partial charge >= 0.3 is 0 Å². The van der Waals surface area contributed by atoms with Gasteiger partial charge in [-0.1, -0.05) is 340 Å². The Kier molecular flexibility index (Phi) is 16.6. The maximum Gasteiger partial charge on any atom is 0.164 e. The van der Waals surface area contributed by atoms with Crippen LogP contribution in [0.25, 0.3) is 173 Å². The third-order valence-corrected chi connectivity index (χ3v) is 21.4. The van der Waals surface area contributed by atoms with E-state index in [0.717, 1.165) is 94.3 Å². The highest BCUT2D eigenvalue weighted by atomic mass is 16.3. The minimum atomic E-state index is -0.484. The van der Waals surface area contributed by atoms with Gasteiger partial charge in [-0.05, 0) is 145 Å². The van der Waals surface area contributed by atoms with E-state index < -0.39 is 5.41 Å². The molecule has 0 N–H and O–H groups in total. The van der Waals surface area contributed by atoms with Gasteiger partial charge in [-0.15, -0.1) is 0 Å². The number of furan rings is 1. The summed E-state index contributed by atoms with van der Waals surface area (Å²) in [6.45, 7) is 0. The van der Waals surface area contributed by atoms with Crippen LogP contribution in [0.4, 0.5) is 0 Å². The Morgan fingerprint density at radius 2 is 0.595 bits per heavy atom. The van der Waals surface area contributed by atoms with Gasteiger partial charge in [0.1, 0.15) is 11.2 Å². The fourth-order valence-electron chi connectivity index (χ4n) is 16.4. The van der Waals surface area contributed by atoms with Gasteiger partial charge in [-0.3, -0.25) is 0 Å². The van der Waals surface area contributed by atoms with Crippen molar-refractivity contribution >= 4 is 43.7 Å². The lowest BCUT2D eigenvalue weighted by Crippen LogP contribution is -2.28. The van der Waals surface area contributed by atoms with Crippen LogP contribution in [-0.4, -0.2) is 34.5 Å². The van der Waals surface area contributed by atoms with Crippen molar-refractivity contribution in [2.24, 2.45) is 0 Å². The Balaban J connectivity index is 0.000000161. The zero-order valence-electron chi connectivity index (χ0n) is 60.2. The molecule has 520 valence electrons. The predicted octanol–water partition coefficient (Wildman–Crippen LogP) is 25.8. The lowest BCUT2D eigenvalue weighted by molar-refractivity contribution is 0.669. The SMILES string of the molecule is c1ccc(-c2cc(-c3ccccc3)cc(-c3cccc(-n4c5ccccc5c5cc(-c6ccc7oc8cccc(-c9nc(-c%10ccccc%10)nc(-c%10ccccc%10)n9)c8c7c6)ccc54)c3)c2)cc1.c1ccc(-c2nc(-c3ccccc3)nc(-c3cccc4c3-c3ccccc3C4(c3ccccc3)c3ccccc3)n2)cc1. The minimum Gasteiger partial charge on any atom is -0.456 e. The van der Waals surface area contributed by atoms with Crippen molar-refractivity contribution in [1.29, 1.82) is 0 Å². The number of benzene rings is 16. The smallest absolute Gasteiger partial charge is 0.164 e. The first-order chi connectivity index (χ1) is 55.0. The van der Waals surface area contributed by atoms with E-state index >= 15 is 0 Å². The van der Waals surface area contributed by atoms with Crippen LogP contribution in [-0.2, 0) is 5.41 Å². The maximum absolute atomic E-state index is 6.54. The van der Waals surface area contributed by atoms with Crippen molar-refractivity contribution in [3.05, 3.63) is 429 Å². The monoisotopic (exact) mass is 1420 g/mol. The molecular formula is C103H67N7O. The molecule has 0 bridgehead atoms. The molecule has 0 amide bonds. The lowest BCUT2D eigenvalue weighted by atomic mass is 9.67. The number of hydrogen-bond donors (Lipinski definition) is 0. The molecule has 4 heterocycles. The van der Waals surface area contributed by atoms with Crippen molar-refractivity contribution in [3.8, 4) is 130 Å². The first-order valence-corrected chi connectivity index (χ1v) is 37.5. The van der Waals surface area contributed by atoms with E-state index in [1.165, 1.54) is 66.4 Å². The molecule has 0 radical (unpaired) electrons. The fraction of sp³-hybridized carbons (Fsp3) is 0.00971. The Morgan fingerprint density at radius 1 is 0.216 bits per heavy atom. The van der Waals surface area contributed by atoms with Gasteiger partial charge in [0.15, 0.2) is 34.9 Å². The molecule has 4 aromatic heterocycles. The minimum absolute atomic E-state index is 0.484. The van der Waals surface area contributed by atoms with E-state index in [2.05, 4.69) is 302 Å². The van der Waals surface area contributed by atoms with E-state index in [9.17, 15) is 0 Å². The summed E-state index contributed by atoms with van der Waals surface area (Å²) in [6, 6.07) is 143. The Labute approximate surface area is 642 Å². The van der Waals surface area contributed by atoms with E-state index in [1.807, 2.05) is 109 Å². The van der Waals surface area contributed by atoms with Crippen LogP contribution in [0.2, 0.25) is 0 Å². The summed E-state index contributed by atoms with van der Waals surface area (Å²) >= 11 is 0. The van der Waals surface area contributed by atoms with Gasteiger partial charge in [0, 0.05) is 60.6 Å². The van der Waals surface area contributed by atoms with Crippen molar-refractivity contribution < 1.29 is 4.42 Å². The standard InChI is InChI=1S/C63H40N4O.C40H27N3/c1-5-17-41(18-6-1)48-35-49(42-19-7-2-8-20-42)37-50(36-48)45-25-15-26-51(38-45)67-56-29-14-13-27-52(56)54-39-46(31-33-57(54)67)47-32-34-58-55(40-47)60-53(28-16-30-59(60)68-58)63-65-61(43-21-9-3-10-22-43)64-62(66-63)44-23-11-4-12-24-44;1-5-16-28(17-6-1)37-41-38(29-18-7-2-8-19-29)43-39(42-37)33-25-15-27-35-36(33)32-24-13-14-26-34(32)40(35,30-20-9-3-10-21-30)31-22-11-4-12-23-31/h1-40H;1-27H. The summed E-state index contributed by atoms with van der Waals surface area (Å²) in [4.78, 5) is 30.3. The Bertz CT molecular complexity index is 6640. The highest BCUT2D eigenvalue weighted by Gasteiger charge is 2.47. The van der Waals surface area contributed by atoms with Gasteiger partial charge < -0.3 is 8.98 Å². The molecule has 0 atom stereocenters. The first-order valence-electron chi connectivity index (χ1n) is 37.5. The molecule has 0 spiro atoms. The molecule has 21 rings (SSSR count). The van der Waals surface area contributed by atoms with Crippen LogP contribution in [0.15, 0.2) is 411 Å². The zero-order chi connectivity index (χ0) is 73.6. The fourth-order valence-corrected chi connectivity index (χ4v) is 16.4. The molecule has 1 aliphatic carbocycles. The summed E-state index contributed by atoms with van der Waals surface area (Å²) in [7, 11) is 0. The van der Waals surface area contributed by atoms with E-state index in [0.29, 0.717) is 34.9 Å². The molecule has 8 nitrogen and oxygen atoms in total. The number of para-hydroxylation sites is 1. The number of aromatic nitrogens is 7. The molecular weight excluding hydrogens is 1350 g/mol. The summed E-state index contributed by atoms with van der Waals surface area (Å²) in [5, 5.41) is 4.35. The van der Waals surface area contributed by atoms with E-state index in [-0.39, 0.29) is 0 Å². The van der Waals surface area contributed by atoms with E-state index in [4.69, 9.17) is 34.3 Å². The third kappa shape index (κ3) is 11.9. The van der Waals surface area contributed by atoms with Crippen LogP contribution < -0.4 is 0 Å². The number of nitrogens with zero attached hydrogens (tertiary/aromatic N) is 7. The predicted molar refractivity (Wildman–Crippen MR) is 453 cm³/mol. The number of rotatable bonds is 13. The largest absolute Gasteiger partial charge is 0.456 e. The van der Waals surface area contributed by atoms with Crippen LogP contribution >= 0.6 is 0 Å². The third-order valence-electron chi connectivity index (χ3n) is 21.4. The van der Waals surface area contributed by atoms with Crippen molar-refractivity contribution in [1.82, 2.24) is 34.5 Å². The van der Waals surface area contributed by atoms with Gasteiger partial charge in [-0.25, -0.2) is 29.9 Å². The van der Waals surface area contributed by atoms with Crippen molar-refractivity contribution in [3.63, 3.8) is 0 Å². The molecule has 0 saturated carbocycles. The number of fused-ring (bicyclic) bond motifs is 9. The molecule has 0 saturated heterocycles. The van der Waals surface area contributed by atoms with Crippen LogP contribution in [0.3, 0.4) is 0 Å². The summed E-state index contributed by atoms with van der Waals surface area (Å²) < 4.78 is 8.94. The van der Waals surface area contributed by atoms with E-state index in [1.54, 1.807) is 0 Å². The molecule has 8 heteroatoms. The topological polar surface area (TPSA) is 95.4 Å². The van der Waals surface area contributed by atoms with Crippen LogP contribution in [0.1, 0.15) is 22.3 Å². The molecule has 0 fully saturated rings. The van der Waals surface area contributed by atoms with Crippen molar-refractivity contribution in [2.45, 2.75) is 5.41 Å². The van der Waals surface area contributed by atoms with Crippen LogP contribution in [0.5, 0.6) is 0 Å². The molecule has 1 aliphatic rings. The molecule has 16 aromatic carbocycles. The first kappa shape index (κ1) is 65.6. The molecule has 20 aromatic rings. The highest BCUT2D eigenvalue weighted by Crippen LogP contribution is 2.58. The lowest BCUT2D eigenvalue weighted by Gasteiger charge is -2.33. The Hall–Kier alpha value is -14.9. The summed E-state index contributed by atoms with van der Waals surface area (Å²) in [6.07, 6.45) is 0. The second kappa shape index (κ2) is 28.1. The maximum atomic E-state index is 6.54. The quantitative estimate of drug-likeness (QED) is 0.113. The second-order valence-electron chi connectivity index (χ2n) is 28.0. The number of hydrogen-bond acceptors (Lipinski definition) is 7. The molecule has 0 aliphatic heterocycles. The van der Waals surface area contributed by atoms with Gasteiger partial charge in [-0.2, -0.15) is 0 Å². The van der Waals surface area contributed by atoms with Gasteiger partial charge in [0.05, 0.1) is 16.4 Å². The van der Waals surface area contributed by atoms with Crippen LogP contribution in [0, 0.1) is 0 Å². The van der Waals surface area contributed by atoms with Gasteiger partial charge in [0.2, 0.25) is 0 Å². The highest BCUT2D eigenvalue weighted by molar-refractivity contribution is 6.14. The average Bonchev–Trinajstić information content (AvgIpc) is 1.53. The normalized spacial score (nSPS) is 12.0. The van der Waals surface area contributed by atoms with Gasteiger partial charge in [0.25, 0.3) is 0 Å². The average molecular weight is 1420 g/mol. The zero-order valence-corrected chi connectivity index (χ0v) is 60.2. The molecule has 0 unspecified atom stereocenters. The molecule has 111 heavy (non-hydrogen) atoms. The second-order valence-corrected chi connectivity index (χ2v) is 28.0. The summed E-state index contributed by atoms with van der Waals surface area (Å²) in [5.41, 5.74) is 26.8. The van der Waals surface area contributed by atoms with Crippen molar-refractivity contribution in [2.75, 3.05) is 0 Å². The Morgan fingerprint density at radius 3 is 1.14 bits per heavy atom. The summed E-state index contributed by atoms with van der Waals surface area (Å²) in [5.74, 6) is 3.81.